The lowest BCUT2D eigenvalue weighted by Crippen LogP contribution is -2.44. The van der Waals surface area contributed by atoms with Crippen LogP contribution in [0.1, 0.15) is 52.0 Å². The van der Waals surface area contributed by atoms with E-state index < -0.39 is 5.60 Å². The highest BCUT2D eigenvalue weighted by molar-refractivity contribution is 5.90. The number of piperidine rings is 1. The second-order valence-corrected chi connectivity index (χ2v) is 10.1. The van der Waals surface area contributed by atoms with Crippen LogP contribution in [0.4, 0.5) is 4.79 Å². The lowest BCUT2D eigenvalue weighted by atomic mass is 9.95. The van der Waals surface area contributed by atoms with E-state index in [9.17, 15) is 9.59 Å². The van der Waals surface area contributed by atoms with E-state index in [1.165, 1.54) is 5.39 Å². The standard InChI is InChI=1S/C27H39N3O3/c1-27(2,3)33-26(32)30(16-7-6-15-28)20-21-13-17-29(18-14-21)25(31)19-23-11-8-10-22-9-4-5-12-24(22)23/h4-5,8-12,21H,6-7,13-20,28H2,1-3H3. The maximum Gasteiger partial charge on any atom is 0.410 e. The Balaban J connectivity index is 1.54. The SMILES string of the molecule is CC(C)(C)OC(=O)N(CCCCN)CC1CCN(C(=O)Cc2cccc3ccccc23)CC1. The van der Waals surface area contributed by atoms with Crippen LogP contribution in [0, 0.1) is 5.92 Å². The second-order valence-electron chi connectivity index (χ2n) is 10.1. The van der Waals surface area contributed by atoms with Gasteiger partial charge in [-0.1, -0.05) is 42.5 Å². The number of amides is 2. The van der Waals surface area contributed by atoms with Crippen molar-refractivity contribution < 1.29 is 14.3 Å². The summed E-state index contributed by atoms with van der Waals surface area (Å²) in [4.78, 5) is 29.5. The molecule has 180 valence electrons. The summed E-state index contributed by atoms with van der Waals surface area (Å²) in [6.07, 6.45) is 3.73. The highest BCUT2D eigenvalue weighted by atomic mass is 16.6. The summed E-state index contributed by atoms with van der Waals surface area (Å²) in [6.45, 7) is 9.10. The topological polar surface area (TPSA) is 75.9 Å². The lowest BCUT2D eigenvalue weighted by molar-refractivity contribution is -0.131. The first-order valence-corrected chi connectivity index (χ1v) is 12.2. The molecule has 0 aromatic heterocycles. The summed E-state index contributed by atoms with van der Waals surface area (Å²) < 4.78 is 5.62. The number of nitrogens with two attached hydrogens (primary N) is 1. The van der Waals surface area contributed by atoms with Gasteiger partial charge in [-0.2, -0.15) is 0 Å². The van der Waals surface area contributed by atoms with Gasteiger partial charge in [0.15, 0.2) is 0 Å². The van der Waals surface area contributed by atoms with E-state index in [1.54, 1.807) is 0 Å². The monoisotopic (exact) mass is 453 g/mol. The normalized spacial score (nSPS) is 15.0. The van der Waals surface area contributed by atoms with Gasteiger partial charge < -0.3 is 20.3 Å². The van der Waals surface area contributed by atoms with E-state index >= 15 is 0 Å². The van der Waals surface area contributed by atoms with Crippen LogP contribution in [0.5, 0.6) is 0 Å². The van der Waals surface area contributed by atoms with E-state index in [4.69, 9.17) is 10.5 Å². The molecule has 0 aliphatic carbocycles. The zero-order valence-corrected chi connectivity index (χ0v) is 20.4. The summed E-state index contributed by atoms with van der Waals surface area (Å²) in [6, 6.07) is 14.4. The second kappa shape index (κ2) is 11.5. The molecule has 33 heavy (non-hydrogen) atoms. The van der Waals surface area contributed by atoms with Crippen molar-refractivity contribution in [3.63, 3.8) is 0 Å². The first kappa shape index (κ1) is 25.0. The lowest BCUT2D eigenvalue weighted by Gasteiger charge is -2.35. The van der Waals surface area contributed by atoms with E-state index in [2.05, 4.69) is 18.2 Å². The van der Waals surface area contributed by atoms with E-state index in [1.807, 2.05) is 54.8 Å². The third-order valence-electron chi connectivity index (χ3n) is 6.20. The van der Waals surface area contributed by atoms with E-state index in [0.717, 1.165) is 49.7 Å². The largest absolute Gasteiger partial charge is 0.444 e. The minimum atomic E-state index is -0.513. The summed E-state index contributed by atoms with van der Waals surface area (Å²) >= 11 is 0. The van der Waals surface area contributed by atoms with Gasteiger partial charge in [0.2, 0.25) is 5.91 Å². The molecule has 1 saturated heterocycles. The number of benzene rings is 2. The zero-order chi connectivity index (χ0) is 23.8. The van der Waals surface area contributed by atoms with Crippen molar-refractivity contribution in [2.24, 2.45) is 11.7 Å². The molecule has 0 bridgehead atoms. The minimum absolute atomic E-state index is 0.178. The average Bonchev–Trinajstić information content (AvgIpc) is 2.78. The molecule has 0 radical (unpaired) electrons. The number of ether oxygens (including phenoxy) is 1. The first-order chi connectivity index (χ1) is 15.8. The van der Waals surface area contributed by atoms with Gasteiger partial charge in [-0.3, -0.25) is 4.79 Å². The van der Waals surface area contributed by atoms with Crippen LogP contribution in [-0.2, 0) is 16.0 Å². The Morgan fingerprint density at radius 1 is 1.06 bits per heavy atom. The molecule has 1 heterocycles. The number of rotatable bonds is 8. The van der Waals surface area contributed by atoms with Crippen LogP contribution >= 0.6 is 0 Å². The summed E-state index contributed by atoms with van der Waals surface area (Å²) in [5.74, 6) is 0.550. The fraction of sp³-hybridized carbons (Fsp3) is 0.556. The highest BCUT2D eigenvalue weighted by Gasteiger charge is 2.28. The molecule has 2 amide bonds. The molecule has 2 N–H and O–H groups in total. The van der Waals surface area contributed by atoms with Gasteiger partial charge >= 0.3 is 6.09 Å². The molecular formula is C27H39N3O3. The molecule has 6 nitrogen and oxygen atoms in total. The first-order valence-electron chi connectivity index (χ1n) is 12.2. The number of likely N-dealkylation sites (tertiary alicyclic amines) is 1. The molecule has 0 saturated carbocycles. The van der Waals surface area contributed by atoms with Gasteiger partial charge in [0.1, 0.15) is 5.60 Å². The molecule has 1 fully saturated rings. The van der Waals surface area contributed by atoms with Crippen LogP contribution in [0.2, 0.25) is 0 Å². The molecule has 0 atom stereocenters. The van der Waals surface area contributed by atoms with Crippen molar-refractivity contribution >= 4 is 22.8 Å². The van der Waals surface area contributed by atoms with Gasteiger partial charge in [0.05, 0.1) is 6.42 Å². The number of unbranched alkanes of at least 4 members (excludes halogenated alkanes) is 1. The summed E-state index contributed by atoms with van der Waals surface area (Å²) in [7, 11) is 0. The van der Waals surface area contributed by atoms with Crippen LogP contribution < -0.4 is 5.73 Å². The molecule has 1 aliphatic rings. The Kier molecular flexibility index (Phi) is 8.73. The van der Waals surface area contributed by atoms with Crippen molar-refractivity contribution in [1.82, 2.24) is 9.80 Å². The van der Waals surface area contributed by atoms with Crippen molar-refractivity contribution in [3.05, 3.63) is 48.0 Å². The van der Waals surface area contributed by atoms with Gasteiger partial charge in [0.25, 0.3) is 0 Å². The van der Waals surface area contributed by atoms with Crippen LogP contribution in [0.15, 0.2) is 42.5 Å². The maximum absolute atomic E-state index is 13.0. The Morgan fingerprint density at radius 2 is 1.76 bits per heavy atom. The van der Waals surface area contributed by atoms with Gasteiger partial charge in [-0.25, -0.2) is 4.79 Å². The predicted octanol–water partition coefficient (Wildman–Crippen LogP) is 4.60. The van der Waals surface area contributed by atoms with Crippen molar-refractivity contribution in [2.45, 2.75) is 58.5 Å². The number of nitrogens with zero attached hydrogens (tertiary/aromatic N) is 2. The van der Waals surface area contributed by atoms with Crippen molar-refractivity contribution in [3.8, 4) is 0 Å². The minimum Gasteiger partial charge on any atom is -0.444 e. The van der Waals surface area contributed by atoms with Crippen molar-refractivity contribution in [1.29, 1.82) is 0 Å². The van der Waals surface area contributed by atoms with Gasteiger partial charge in [-0.05, 0) is 75.3 Å². The third kappa shape index (κ3) is 7.46. The van der Waals surface area contributed by atoms with Crippen LogP contribution in [0.3, 0.4) is 0 Å². The Morgan fingerprint density at radius 3 is 2.45 bits per heavy atom. The van der Waals surface area contributed by atoms with Crippen LogP contribution in [-0.4, -0.2) is 60.1 Å². The quantitative estimate of drug-likeness (QED) is 0.593. The Hall–Kier alpha value is -2.60. The third-order valence-corrected chi connectivity index (χ3v) is 6.20. The molecule has 6 heteroatoms. The molecule has 0 unspecified atom stereocenters. The highest BCUT2D eigenvalue weighted by Crippen LogP contribution is 2.23. The smallest absolute Gasteiger partial charge is 0.410 e. The molecule has 2 aromatic carbocycles. The van der Waals surface area contributed by atoms with Gasteiger partial charge in [-0.15, -0.1) is 0 Å². The number of hydrogen-bond acceptors (Lipinski definition) is 4. The van der Waals surface area contributed by atoms with Crippen molar-refractivity contribution in [2.75, 3.05) is 32.7 Å². The number of fused-ring (bicyclic) bond motifs is 1. The fourth-order valence-corrected chi connectivity index (χ4v) is 4.43. The fourth-order valence-electron chi connectivity index (χ4n) is 4.43. The van der Waals surface area contributed by atoms with E-state index in [0.29, 0.717) is 32.0 Å². The molecule has 2 aromatic rings. The van der Waals surface area contributed by atoms with E-state index in [-0.39, 0.29) is 12.0 Å². The summed E-state index contributed by atoms with van der Waals surface area (Å²) in [5, 5.41) is 2.31. The molecule has 3 rings (SSSR count). The molecule has 1 aliphatic heterocycles. The Bertz CT molecular complexity index is 924. The molecule has 0 spiro atoms. The maximum atomic E-state index is 13.0. The summed E-state index contributed by atoms with van der Waals surface area (Å²) in [5.41, 5.74) is 6.20. The van der Waals surface area contributed by atoms with Crippen LogP contribution in [0.25, 0.3) is 10.8 Å². The molecular weight excluding hydrogens is 414 g/mol. The number of carbonyl (C=O) groups excluding carboxylic acids is 2. The Labute approximate surface area is 198 Å². The average molecular weight is 454 g/mol. The zero-order valence-electron chi connectivity index (χ0n) is 20.4. The number of hydrogen-bond donors (Lipinski definition) is 1. The number of carbonyl (C=O) groups is 2. The van der Waals surface area contributed by atoms with Gasteiger partial charge in [0, 0.05) is 26.2 Å². The predicted molar refractivity (Wildman–Crippen MR) is 133 cm³/mol.